The van der Waals surface area contributed by atoms with E-state index in [0.717, 1.165) is 36.5 Å². The number of fused-ring (bicyclic) bond motifs is 1. The molecule has 0 atom stereocenters. The molecule has 2 heterocycles. The number of nitro groups is 1. The maximum atomic E-state index is 12.8. The van der Waals surface area contributed by atoms with E-state index in [1.807, 2.05) is 30.6 Å². The van der Waals surface area contributed by atoms with Gasteiger partial charge in [-0.2, -0.15) is 4.31 Å². The molecule has 9 heteroatoms. The Hall–Kier alpha value is -2.78. The SMILES string of the molecule is O=[N+]([O-])c1cccc(S(=O)(=O)N2CCC(Cn3cnc4ccccc43)CC2)c1. The van der Waals surface area contributed by atoms with E-state index in [2.05, 4.69) is 9.55 Å². The average Bonchev–Trinajstić information content (AvgIpc) is 3.11. The normalized spacial score (nSPS) is 16.4. The second kappa shape index (κ2) is 7.33. The molecule has 0 aliphatic carbocycles. The molecule has 1 aliphatic heterocycles. The van der Waals surface area contributed by atoms with E-state index in [-0.39, 0.29) is 10.6 Å². The fourth-order valence-corrected chi connectivity index (χ4v) is 5.18. The summed E-state index contributed by atoms with van der Waals surface area (Å²) < 4.78 is 29.2. The lowest BCUT2D eigenvalue weighted by molar-refractivity contribution is -0.385. The minimum absolute atomic E-state index is 0.0271. The van der Waals surface area contributed by atoms with Gasteiger partial charge >= 0.3 is 0 Å². The van der Waals surface area contributed by atoms with Gasteiger partial charge in [0.15, 0.2) is 0 Å². The predicted octanol–water partition coefficient (Wildman–Crippen LogP) is 3.05. The monoisotopic (exact) mass is 400 g/mol. The Balaban J connectivity index is 1.45. The number of imidazole rings is 1. The summed E-state index contributed by atoms with van der Waals surface area (Å²) in [7, 11) is -3.73. The van der Waals surface area contributed by atoms with Crippen LogP contribution in [0.3, 0.4) is 0 Å². The maximum Gasteiger partial charge on any atom is 0.270 e. The smallest absolute Gasteiger partial charge is 0.270 e. The highest BCUT2D eigenvalue weighted by Gasteiger charge is 2.30. The number of nitro benzene ring substituents is 1. The first-order valence-electron chi connectivity index (χ1n) is 9.09. The third-order valence-electron chi connectivity index (χ3n) is 5.22. The van der Waals surface area contributed by atoms with Crippen molar-refractivity contribution < 1.29 is 13.3 Å². The summed E-state index contributed by atoms with van der Waals surface area (Å²) >= 11 is 0. The summed E-state index contributed by atoms with van der Waals surface area (Å²) in [6.07, 6.45) is 3.30. The number of non-ortho nitro benzene ring substituents is 1. The van der Waals surface area contributed by atoms with Crippen molar-refractivity contribution in [3.63, 3.8) is 0 Å². The van der Waals surface area contributed by atoms with E-state index < -0.39 is 14.9 Å². The topological polar surface area (TPSA) is 98.3 Å². The lowest BCUT2D eigenvalue weighted by atomic mass is 9.98. The first kappa shape index (κ1) is 18.6. The summed E-state index contributed by atoms with van der Waals surface area (Å²) in [6.45, 7) is 1.61. The number of piperidine rings is 1. The van der Waals surface area contributed by atoms with Gasteiger partial charge in [-0.15, -0.1) is 0 Å². The first-order chi connectivity index (χ1) is 13.4. The van der Waals surface area contributed by atoms with Crippen molar-refractivity contribution in [2.75, 3.05) is 13.1 Å². The third kappa shape index (κ3) is 3.50. The van der Waals surface area contributed by atoms with Crippen LogP contribution in [-0.4, -0.2) is 40.3 Å². The lowest BCUT2D eigenvalue weighted by Crippen LogP contribution is -2.39. The van der Waals surface area contributed by atoms with E-state index in [0.29, 0.717) is 19.0 Å². The highest BCUT2D eigenvalue weighted by atomic mass is 32.2. The minimum Gasteiger partial charge on any atom is -0.330 e. The van der Waals surface area contributed by atoms with Gasteiger partial charge in [-0.1, -0.05) is 18.2 Å². The van der Waals surface area contributed by atoms with Crippen LogP contribution in [0.15, 0.2) is 59.8 Å². The van der Waals surface area contributed by atoms with Gasteiger partial charge in [-0.25, -0.2) is 13.4 Å². The van der Waals surface area contributed by atoms with Gasteiger partial charge in [0.2, 0.25) is 10.0 Å². The van der Waals surface area contributed by atoms with E-state index in [1.165, 1.54) is 22.5 Å². The predicted molar refractivity (Wildman–Crippen MR) is 104 cm³/mol. The molecule has 146 valence electrons. The highest BCUT2D eigenvalue weighted by Crippen LogP contribution is 2.27. The van der Waals surface area contributed by atoms with Crippen molar-refractivity contribution >= 4 is 26.7 Å². The molecule has 1 aliphatic rings. The van der Waals surface area contributed by atoms with Crippen molar-refractivity contribution in [1.29, 1.82) is 0 Å². The molecule has 3 aromatic rings. The molecule has 0 spiro atoms. The molecule has 1 aromatic heterocycles. The largest absolute Gasteiger partial charge is 0.330 e. The van der Waals surface area contributed by atoms with E-state index in [4.69, 9.17) is 0 Å². The molecule has 1 saturated heterocycles. The third-order valence-corrected chi connectivity index (χ3v) is 7.12. The molecule has 28 heavy (non-hydrogen) atoms. The Morgan fingerprint density at radius 1 is 1.11 bits per heavy atom. The molecule has 0 saturated carbocycles. The minimum atomic E-state index is -3.73. The standard InChI is InChI=1S/C19H20N4O4S/c24-23(25)16-4-3-5-17(12-16)28(26,27)22-10-8-15(9-11-22)13-21-14-20-18-6-1-2-7-19(18)21/h1-7,12,14-15H,8-11,13H2. The van der Waals surface area contributed by atoms with Crippen LogP contribution in [0.1, 0.15) is 12.8 Å². The number of para-hydroxylation sites is 2. The lowest BCUT2D eigenvalue weighted by Gasteiger charge is -2.31. The van der Waals surface area contributed by atoms with E-state index in [1.54, 1.807) is 0 Å². The molecule has 1 fully saturated rings. The van der Waals surface area contributed by atoms with Crippen LogP contribution in [0.4, 0.5) is 5.69 Å². The van der Waals surface area contributed by atoms with Crippen molar-refractivity contribution in [1.82, 2.24) is 13.9 Å². The van der Waals surface area contributed by atoms with Gasteiger partial charge < -0.3 is 4.57 Å². The van der Waals surface area contributed by atoms with Crippen molar-refractivity contribution in [3.05, 3.63) is 65.0 Å². The number of benzene rings is 2. The molecule has 4 rings (SSSR count). The van der Waals surface area contributed by atoms with Gasteiger partial charge in [-0.05, 0) is 37.0 Å². The molecular weight excluding hydrogens is 380 g/mol. The number of nitrogens with zero attached hydrogens (tertiary/aromatic N) is 4. The Morgan fingerprint density at radius 2 is 1.86 bits per heavy atom. The van der Waals surface area contributed by atoms with Crippen LogP contribution in [0.25, 0.3) is 11.0 Å². The molecule has 0 unspecified atom stereocenters. The molecule has 0 N–H and O–H groups in total. The van der Waals surface area contributed by atoms with Crippen LogP contribution in [0, 0.1) is 16.0 Å². The number of hydrogen-bond acceptors (Lipinski definition) is 5. The van der Waals surface area contributed by atoms with Crippen LogP contribution in [0.2, 0.25) is 0 Å². The van der Waals surface area contributed by atoms with Gasteiger partial charge in [0, 0.05) is 31.8 Å². The van der Waals surface area contributed by atoms with Gasteiger partial charge in [0.05, 0.1) is 27.2 Å². The molecule has 8 nitrogen and oxygen atoms in total. The maximum absolute atomic E-state index is 12.8. The second-order valence-electron chi connectivity index (χ2n) is 6.99. The van der Waals surface area contributed by atoms with Crippen LogP contribution < -0.4 is 0 Å². The van der Waals surface area contributed by atoms with Gasteiger partial charge in [-0.3, -0.25) is 10.1 Å². The first-order valence-corrected chi connectivity index (χ1v) is 10.5. The summed E-state index contributed by atoms with van der Waals surface area (Å²) in [5.74, 6) is 0.356. The van der Waals surface area contributed by atoms with Crippen molar-refractivity contribution in [3.8, 4) is 0 Å². The average molecular weight is 400 g/mol. The Kier molecular flexibility index (Phi) is 4.86. The Morgan fingerprint density at radius 3 is 2.61 bits per heavy atom. The Bertz CT molecular complexity index is 1120. The zero-order valence-corrected chi connectivity index (χ0v) is 16.0. The molecule has 0 amide bonds. The zero-order valence-electron chi connectivity index (χ0n) is 15.1. The summed E-state index contributed by atoms with van der Waals surface area (Å²) in [5, 5.41) is 10.9. The molecular formula is C19H20N4O4S. The molecule has 0 bridgehead atoms. The highest BCUT2D eigenvalue weighted by molar-refractivity contribution is 7.89. The second-order valence-corrected chi connectivity index (χ2v) is 8.93. The van der Waals surface area contributed by atoms with Gasteiger partial charge in [0.1, 0.15) is 0 Å². The summed E-state index contributed by atoms with van der Waals surface area (Å²) in [4.78, 5) is 14.7. The fraction of sp³-hybridized carbons (Fsp3) is 0.316. The number of hydrogen-bond donors (Lipinski definition) is 0. The molecule has 0 radical (unpaired) electrons. The van der Waals surface area contributed by atoms with Crippen LogP contribution in [-0.2, 0) is 16.6 Å². The fourth-order valence-electron chi connectivity index (χ4n) is 3.67. The number of sulfonamides is 1. The van der Waals surface area contributed by atoms with E-state index in [9.17, 15) is 18.5 Å². The Labute approximate surface area is 162 Å². The summed E-state index contributed by atoms with van der Waals surface area (Å²) in [6, 6.07) is 13.2. The number of rotatable bonds is 5. The quantitative estimate of drug-likeness (QED) is 0.484. The van der Waals surface area contributed by atoms with Gasteiger partial charge in [0.25, 0.3) is 5.69 Å². The van der Waals surface area contributed by atoms with Crippen LogP contribution >= 0.6 is 0 Å². The van der Waals surface area contributed by atoms with Crippen molar-refractivity contribution in [2.24, 2.45) is 5.92 Å². The number of aromatic nitrogens is 2. The van der Waals surface area contributed by atoms with E-state index >= 15 is 0 Å². The van der Waals surface area contributed by atoms with Crippen LogP contribution in [0.5, 0.6) is 0 Å². The zero-order chi connectivity index (χ0) is 19.7. The van der Waals surface area contributed by atoms with Crippen molar-refractivity contribution in [2.45, 2.75) is 24.3 Å². The summed E-state index contributed by atoms with van der Waals surface area (Å²) in [5.41, 5.74) is 1.81. The molecule has 2 aromatic carbocycles.